The van der Waals surface area contributed by atoms with Gasteiger partial charge < -0.3 is 10.1 Å². The number of rotatable bonds is 6. The van der Waals surface area contributed by atoms with Crippen LogP contribution in [0.2, 0.25) is 0 Å². The van der Waals surface area contributed by atoms with Crippen molar-refractivity contribution in [3.05, 3.63) is 29.8 Å². The van der Waals surface area contributed by atoms with E-state index >= 15 is 0 Å². The van der Waals surface area contributed by atoms with Gasteiger partial charge in [-0.25, -0.2) is 0 Å². The molecule has 1 fully saturated rings. The number of fused-ring (bicyclic) bond motifs is 1. The van der Waals surface area contributed by atoms with Gasteiger partial charge in [-0.2, -0.15) is 0 Å². The zero-order valence-electron chi connectivity index (χ0n) is 11.9. The van der Waals surface area contributed by atoms with Crippen LogP contribution in [0.25, 0.3) is 0 Å². The summed E-state index contributed by atoms with van der Waals surface area (Å²) >= 11 is 0. The first kappa shape index (κ1) is 13.0. The maximum absolute atomic E-state index is 5.74. The summed E-state index contributed by atoms with van der Waals surface area (Å²) in [6.07, 6.45) is 8.04. The molecular formula is C17H25NO. The lowest BCUT2D eigenvalue weighted by Gasteiger charge is -2.26. The summed E-state index contributed by atoms with van der Waals surface area (Å²) in [6, 6.07) is 9.33. The Balaban J connectivity index is 1.53. The molecule has 1 saturated carbocycles. The van der Waals surface area contributed by atoms with E-state index in [0.717, 1.165) is 24.3 Å². The molecule has 2 atom stereocenters. The first-order valence-corrected chi connectivity index (χ1v) is 7.77. The van der Waals surface area contributed by atoms with Gasteiger partial charge in [-0.1, -0.05) is 24.6 Å². The standard InChI is InChI=1S/C17H25NO/c1-18-16(14-9-10-14)7-4-5-13-11-12-19-17-8-3-2-6-15(13)17/h2-3,6,8,13-14,16,18H,4-5,7,9-12H2,1H3. The molecule has 0 spiro atoms. The summed E-state index contributed by atoms with van der Waals surface area (Å²) in [5.41, 5.74) is 1.43. The van der Waals surface area contributed by atoms with Crippen LogP contribution in [0.15, 0.2) is 24.3 Å². The summed E-state index contributed by atoms with van der Waals surface area (Å²) in [6.45, 7) is 0.889. The van der Waals surface area contributed by atoms with Crippen LogP contribution in [0.5, 0.6) is 5.75 Å². The highest BCUT2D eigenvalue weighted by Gasteiger charge is 2.30. The third kappa shape index (κ3) is 3.11. The Hall–Kier alpha value is -1.02. The minimum absolute atomic E-state index is 0.710. The number of para-hydroxylation sites is 1. The highest BCUT2D eigenvalue weighted by Crippen LogP contribution is 2.38. The van der Waals surface area contributed by atoms with E-state index in [4.69, 9.17) is 4.74 Å². The molecule has 1 aliphatic heterocycles. The van der Waals surface area contributed by atoms with Crippen molar-refractivity contribution >= 4 is 0 Å². The fourth-order valence-electron chi connectivity index (χ4n) is 3.41. The van der Waals surface area contributed by atoms with E-state index in [0.29, 0.717) is 5.92 Å². The van der Waals surface area contributed by atoms with Crippen LogP contribution in [-0.2, 0) is 0 Å². The maximum atomic E-state index is 5.74. The Morgan fingerprint density at radius 2 is 2.11 bits per heavy atom. The zero-order valence-corrected chi connectivity index (χ0v) is 11.9. The Bertz CT molecular complexity index is 413. The number of hydrogen-bond acceptors (Lipinski definition) is 2. The maximum Gasteiger partial charge on any atom is 0.122 e. The molecule has 19 heavy (non-hydrogen) atoms. The fraction of sp³-hybridized carbons (Fsp3) is 0.647. The lowest BCUT2D eigenvalue weighted by atomic mass is 9.88. The third-order valence-corrected chi connectivity index (χ3v) is 4.71. The second-order valence-corrected chi connectivity index (χ2v) is 6.04. The van der Waals surface area contributed by atoms with Crippen molar-refractivity contribution in [1.29, 1.82) is 0 Å². The van der Waals surface area contributed by atoms with Crippen molar-refractivity contribution in [3.63, 3.8) is 0 Å². The minimum atomic E-state index is 0.710. The molecule has 1 aliphatic carbocycles. The Morgan fingerprint density at radius 3 is 2.89 bits per heavy atom. The molecule has 1 N–H and O–H groups in total. The zero-order chi connectivity index (χ0) is 13.1. The Labute approximate surface area is 116 Å². The van der Waals surface area contributed by atoms with Crippen LogP contribution < -0.4 is 10.1 Å². The van der Waals surface area contributed by atoms with Crippen molar-refractivity contribution in [3.8, 4) is 5.75 Å². The monoisotopic (exact) mass is 259 g/mol. The molecule has 1 aromatic rings. The number of hydrogen-bond donors (Lipinski definition) is 1. The van der Waals surface area contributed by atoms with E-state index in [1.165, 1.54) is 44.1 Å². The van der Waals surface area contributed by atoms with Crippen molar-refractivity contribution < 1.29 is 4.74 Å². The normalized spacial score (nSPS) is 23.5. The third-order valence-electron chi connectivity index (χ3n) is 4.71. The lowest BCUT2D eigenvalue weighted by Crippen LogP contribution is -2.27. The van der Waals surface area contributed by atoms with Crippen molar-refractivity contribution in [2.45, 2.75) is 50.5 Å². The predicted molar refractivity (Wildman–Crippen MR) is 78.7 cm³/mol. The van der Waals surface area contributed by atoms with E-state index in [9.17, 15) is 0 Å². The molecule has 0 aromatic heterocycles. The molecule has 1 aromatic carbocycles. The number of benzene rings is 1. The van der Waals surface area contributed by atoms with Crippen LogP contribution >= 0.6 is 0 Å². The highest BCUT2D eigenvalue weighted by atomic mass is 16.5. The van der Waals surface area contributed by atoms with Crippen LogP contribution in [0.3, 0.4) is 0 Å². The van der Waals surface area contributed by atoms with Crippen molar-refractivity contribution in [2.24, 2.45) is 5.92 Å². The van der Waals surface area contributed by atoms with Gasteiger partial charge in [-0.3, -0.25) is 0 Å². The van der Waals surface area contributed by atoms with E-state index in [1.54, 1.807) is 0 Å². The van der Waals surface area contributed by atoms with E-state index in [-0.39, 0.29) is 0 Å². The molecule has 0 saturated heterocycles. The summed E-state index contributed by atoms with van der Waals surface area (Å²) < 4.78 is 5.74. The summed E-state index contributed by atoms with van der Waals surface area (Å²) in [5, 5.41) is 3.50. The molecule has 0 amide bonds. The van der Waals surface area contributed by atoms with E-state index in [1.807, 2.05) is 0 Å². The van der Waals surface area contributed by atoms with Gasteiger partial charge in [0, 0.05) is 6.04 Å². The predicted octanol–water partition coefficient (Wildman–Crippen LogP) is 3.72. The summed E-state index contributed by atoms with van der Waals surface area (Å²) in [5.74, 6) is 2.79. The fourth-order valence-corrected chi connectivity index (χ4v) is 3.41. The second kappa shape index (κ2) is 5.96. The molecule has 104 valence electrons. The molecule has 3 rings (SSSR count). The second-order valence-electron chi connectivity index (χ2n) is 6.04. The van der Waals surface area contributed by atoms with Crippen molar-refractivity contribution in [1.82, 2.24) is 5.32 Å². The molecule has 2 nitrogen and oxygen atoms in total. The average Bonchev–Trinajstić information content (AvgIpc) is 3.28. The van der Waals surface area contributed by atoms with E-state index in [2.05, 4.69) is 36.6 Å². The van der Waals surface area contributed by atoms with E-state index < -0.39 is 0 Å². The van der Waals surface area contributed by atoms with Gasteiger partial charge >= 0.3 is 0 Å². The summed E-state index contributed by atoms with van der Waals surface area (Å²) in [4.78, 5) is 0. The van der Waals surface area contributed by atoms with Gasteiger partial charge in [0.15, 0.2) is 0 Å². The lowest BCUT2D eigenvalue weighted by molar-refractivity contribution is 0.260. The van der Waals surface area contributed by atoms with Gasteiger partial charge in [-0.05, 0) is 62.6 Å². The van der Waals surface area contributed by atoms with Crippen LogP contribution in [-0.4, -0.2) is 19.7 Å². The number of ether oxygens (including phenoxy) is 1. The first-order valence-electron chi connectivity index (χ1n) is 7.77. The first-order chi connectivity index (χ1) is 9.38. The number of nitrogens with one attached hydrogen (secondary N) is 1. The smallest absolute Gasteiger partial charge is 0.122 e. The van der Waals surface area contributed by atoms with Crippen LogP contribution in [0, 0.1) is 5.92 Å². The van der Waals surface area contributed by atoms with Crippen LogP contribution in [0.4, 0.5) is 0 Å². The molecular weight excluding hydrogens is 234 g/mol. The van der Waals surface area contributed by atoms with Gasteiger partial charge in [0.05, 0.1) is 6.61 Å². The SMILES string of the molecule is CNC(CCCC1CCOc2ccccc21)C1CC1. The largest absolute Gasteiger partial charge is 0.493 e. The van der Waals surface area contributed by atoms with Gasteiger partial charge in [0.1, 0.15) is 5.75 Å². The quantitative estimate of drug-likeness (QED) is 0.840. The Morgan fingerprint density at radius 1 is 1.26 bits per heavy atom. The van der Waals surface area contributed by atoms with Gasteiger partial charge in [-0.15, -0.1) is 0 Å². The summed E-state index contributed by atoms with van der Waals surface area (Å²) in [7, 11) is 2.12. The molecule has 0 radical (unpaired) electrons. The van der Waals surface area contributed by atoms with Crippen LogP contribution in [0.1, 0.15) is 50.0 Å². The average molecular weight is 259 g/mol. The van der Waals surface area contributed by atoms with Gasteiger partial charge in [0.2, 0.25) is 0 Å². The highest BCUT2D eigenvalue weighted by molar-refractivity contribution is 5.37. The van der Waals surface area contributed by atoms with Crippen molar-refractivity contribution in [2.75, 3.05) is 13.7 Å². The minimum Gasteiger partial charge on any atom is -0.493 e. The molecule has 1 heterocycles. The van der Waals surface area contributed by atoms with Gasteiger partial charge in [0.25, 0.3) is 0 Å². The molecule has 2 heteroatoms. The topological polar surface area (TPSA) is 21.3 Å². The molecule has 2 unspecified atom stereocenters. The molecule has 2 aliphatic rings. The molecule has 0 bridgehead atoms. The Kier molecular flexibility index (Phi) is 4.07.